The van der Waals surface area contributed by atoms with Gasteiger partial charge in [0.05, 0.1) is 0 Å². The molecule has 0 atom stereocenters. The second-order valence-corrected chi connectivity index (χ2v) is 28.8. The van der Waals surface area contributed by atoms with E-state index in [2.05, 4.69) is 354 Å². The molecule has 0 unspecified atom stereocenters. The third-order valence-corrected chi connectivity index (χ3v) is 23.2. The monoisotopic (exact) mass is 1280 g/mol. The summed E-state index contributed by atoms with van der Waals surface area (Å²) >= 11 is 0. The topological polar surface area (TPSA) is 0 Å². The van der Waals surface area contributed by atoms with Crippen molar-refractivity contribution in [3.05, 3.63) is 362 Å². The Balaban J connectivity index is 0.000000132. The van der Waals surface area contributed by atoms with Crippen molar-refractivity contribution in [3.8, 4) is 89.0 Å². The highest BCUT2D eigenvalue weighted by Gasteiger charge is 2.35. The fourth-order valence-corrected chi connectivity index (χ4v) is 18.2. The second kappa shape index (κ2) is 22.3. The van der Waals surface area contributed by atoms with Gasteiger partial charge in [0.2, 0.25) is 0 Å². The van der Waals surface area contributed by atoms with Crippen LogP contribution in [0.3, 0.4) is 0 Å². The van der Waals surface area contributed by atoms with Gasteiger partial charge in [-0.15, -0.1) is 0 Å². The van der Waals surface area contributed by atoms with Gasteiger partial charge in [0.25, 0.3) is 0 Å². The Morgan fingerprint density at radius 3 is 1.06 bits per heavy atom. The van der Waals surface area contributed by atoms with Crippen molar-refractivity contribution in [1.82, 2.24) is 0 Å². The quantitative estimate of drug-likeness (QED) is 0.140. The zero-order valence-electron chi connectivity index (χ0n) is 56.2. The third kappa shape index (κ3) is 8.88. The number of rotatable bonds is 7. The van der Waals surface area contributed by atoms with Gasteiger partial charge >= 0.3 is 0 Å². The normalized spacial score (nSPS) is 13.0. The lowest BCUT2D eigenvalue weighted by atomic mass is 9.81. The van der Waals surface area contributed by atoms with Gasteiger partial charge in [-0.1, -0.05) is 341 Å². The zero-order chi connectivity index (χ0) is 66.6. The van der Waals surface area contributed by atoms with Gasteiger partial charge in [0, 0.05) is 5.41 Å². The number of hydrogen-bond donors (Lipinski definition) is 0. The minimum absolute atomic E-state index is 0.0234. The summed E-state index contributed by atoms with van der Waals surface area (Å²) in [5.41, 5.74) is 26.3. The van der Waals surface area contributed by atoms with E-state index < -0.39 is 0 Å². The molecule has 2 aliphatic rings. The molecule has 0 saturated heterocycles. The van der Waals surface area contributed by atoms with Gasteiger partial charge < -0.3 is 0 Å². The molecule has 0 heteroatoms. The molecule has 0 heterocycles. The van der Waals surface area contributed by atoms with Crippen molar-refractivity contribution in [2.45, 2.75) is 32.1 Å². The number of fused-ring (bicyclic) bond motifs is 7. The molecular weight excluding hydrogens is 1210 g/mol. The maximum absolute atomic E-state index is 2.45. The Hall–Kier alpha value is -12.5. The van der Waals surface area contributed by atoms with Gasteiger partial charge in [0.15, 0.2) is 0 Å². The number of hydrogen-bond acceptors (Lipinski definition) is 0. The first-order valence-electron chi connectivity index (χ1n) is 35.7. The molecule has 0 nitrogen and oxygen atoms in total. The molecule has 0 fully saturated rings. The van der Waals surface area contributed by atoms with E-state index in [9.17, 15) is 0 Å². The van der Waals surface area contributed by atoms with Crippen molar-refractivity contribution < 1.29 is 0 Å². The van der Waals surface area contributed by atoms with E-state index in [4.69, 9.17) is 0 Å². The minimum atomic E-state index is -0.0234. The first-order chi connectivity index (χ1) is 49.8. The summed E-state index contributed by atoms with van der Waals surface area (Å²) in [4.78, 5) is 0. The van der Waals surface area contributed by atoms with Crippen LogP contribution in [0.15, 0.2) is 340 Å². The smallest absolute Gasteiger partial charge is 0.0159 e. The highest BCUT2D eigenvalue weighted by atomic mass is 14.4. The molecule has 0 aliphatic heterocycles. The molecule has 20 aromatic rings. The fraction of sp³-hybridized carbons (Fsp3) is 0.0495. The van der Waals surface area contributed by atoms with Crippen LogP contribution in [0.2, 0.25) is 0 Å². The van der Waals surface area contributed by atoms with E-state index in [1.54, 1.807) is 0 Å². The van der Waals surface area contributed by atoms with Gasteiger partial charge in [-0.25, -0.2) is 0 Å². The first-order valence-corrected chi connectivity index (χ1v) is 35.7. The molecule has 20 aromatic carbocycles. The summed E-state index contributed by atoms with van der Waals surface area (Å²) in [6, 6.07) is 127. The van der Waals surface area contributed by atoms with Crippen LogP contribution in [0, 0.1) is 0 Å². The molecule has 0 radical (unpaired) electrons. The molecule has 0 aromatic heterocycles. The lowest BCUT2D eigenvalue weighted by molar-refractivity contribution is 0.660. The van der Waals surface area contributed by atoms with E-state index in [-0.39, 0.29) is 5.41 Å². The van der Waals surface area contributed by atoms with E-state index in [0.717, 1.165) is 12.8 Å². The van der Waals surface area contributed by atoms with Crippen LogP contribution >= 0.6 is 0 Å². The molecule has 22 rings (SSSR count). The van der Waals surface area contributed by atoms with Crippen LogP contribution in [0.25, 0.3) is 197 Å². The largest absolute Gasteiger partial charge is 0.0619 e. The van der Waals surface area contributed by atoms with Crippen molar-refractivity contribution in [2.24, 2.45) is 0 Å². The van der Waals surface area contributed by atoms with Crippen molar-refractivity contribution >= 4 is 108 Å². The molecule has 101 heavy (non-hydrogen) atoms. The fourth-order valence-electron chi connectivity index (χ4n) is 18.2. The summed E-state index contributed by atoms with van der Waals surface area (Å²) in [6.07, 6.45) is 2.32. The summed E-state index contributed by atoms with van der Waals surface area (Å²) < 4.78 is 0. The van der Waals surface area contributed by atoms with Crippen LogP contribution in [0.4, 0.5) is 0 Å². The Morgan fingerprint density at radius 2 is 0.515 bits per heavy atom. The van der Waals surface area contributed by atoms with Gasteiger partial charge in [-0.3, -0.25) is 0 Å². The van der Waals surface area contributed by atoms with E-state index in [1.165, 1.54) is 219 Å². The highest BCUT2D eigenvalue weighted by molar-refractivity contribution is 6.29. The lowest BCUT2D eigenvalue weighted by Gasteiger charge is -2.22. The van der Waals surface area contributed by atoms with Gasteiger partial charge in [-0.2, -0.15) is 0 Å². The van der Waals surface area contributed by atoms with E-state index in [1.807, 2.05) is 0 Å². The standard InChI is InChI=1S/C52H32.C49H34/c1-3-11-41-33(8-1)10-7-15-42(41)34-16-18-35(19-17-34)44-28-24-38-27-31-49-45(29-25-39-26-30-48(44)51(38)52(39)49)36-20-22-37(23-21-36)50-32-40-9-2-4-12-43(40)46-13-5-6-14-47(46)50;1-49(2)44-9-4-3-7-39(44)40-25-21-35(28-45(40)49)38-24-18-34-19-26-42-37(23-17-33-20-27-43(38)48(34)47(33)42)30-12-10-29(11-13-30)36-22-16-32-15-14-31-6-5-8-41(36)46(31)32/h1-32H;3-13,16-28H,14-15H2,1-2H3. The van der Waals surface area contributed by atoms with E-state index >= 15 is 0 Å². The van der Waals surface area contributed by atoms with Crippen LogP contribution in [0.1, 0.15) is 36.1 Å². The van der Waals surface area contributed by atoms with Crippen molar-refractivity contribution in [1.29, 1.82) is 0 Å². The third-order valence-electron chi connectivity index (χ3n) is 23.2. The molecule has 0 spiro atoms. The summed E-state index contributed by atoms with van der Waals surface area (Å²) in [7, 11) is 0. The maximum Gasteiger partial charge on any atom is 0.0159 e. The molecule has 470 valence electrons. The molecule has 0 N–H and O–H groups in total. The number of benzene rings is 20. The van der Waals surface area contributed by atoms with E-state index in [0.29, 0.717) is 0 Å². The van der Waals surface area contributed by atoms with Gasteiger partial charge in [0.1, 0.15) is 0 Å². The predicted molar refractivity (Wildman–Crippen MR) is 433 cm³/mol. The minimum Gasteiger partial charge on any atom is -0.0619 e. The zero-order valence-corrected chi connectivity index (χ0v) is 56.2. The molecule has 0 amide bonds. The Morgan fingerprint density at radius 1 is 0.178 bits per heavy atom. The van der Waals surface area contributed by atoms with Crippen molar-refractivity contribution in [3.63, 3.8) is 0 Å². The first kappa shape index (κ1) is 57.6. The van der Waals surface area contributed by atoms with Crippen LogP contribution in [-0.2, 0) is 18.3 Å². The second-order valence-electron chi connectivity index (χ2n) is 28.8. The average Bonchev–Trinajstić information content (AvgIpc) is 1.70. The lowest BCUT2D eigenvalue weighted by Crippen LogP contribution is -2.14. The molecule has 0 saturated carbocycles. The molecule has 0 bridgehead atoms. The Labute approximate surface area is 587 Å². The Bertz CT molecular complexity index is 6790. The summed E-state index contributed by atoms with van der Waals surface area (Å²) in [6.45, 7) is 4.73. The SMILES string of the molecule is CC1(C)c2ccccc2-c2ccc(-c3ccc4ccc5c(-c6ccc(-c7ccc8c9c(cccc79)CC8)cc6)ccc6ccc3c4c65)cc21.c1ccc2c(-c3ccc(-c4ccc5ccc6c(-c7ccc(-c8cc9ccccc9c9ccccc89)cc7)ccc7ccc4c5c76)cc3)cccc2c1. The highest BCUT2D eigenvalue weighted by Crippen LogP contribution is 2.52. The summed E-state index contributed by atoms with van der Waals surface area (Å²) in [5.74, 6) is 0. The molecule has 2 aliphatic carbocycles. The summed E-state index contributed by atoms with van der Waals surface area (Å²) in [5, 5.41) is 26.3. The molecular formula is C101H66. The maximum atomic E-state index is 2.45. The number of aryl methyl sites for hydroxylation is 2. The van der Waals surface area contributed by atoms with Crippen LogP contribution in [-0.4, -0.2) is 0 Å². The Kier molecular flexibility index (Phi) is 12.7. The van der Waals surface area contributed by atoms with Gasteiger partial charge in [-0.05, 0) is 244 Å². The van der Waals surface area contributed by atoms with Crippen LogP contribution < -0.4 is 0 Å². The van der Waals surface area contributed by atoms with Crippen molar-refractivity contribution in [2.75, 3.05) is 0 Å². The average molecular weight is 1280 g/mol. The van der Waals surface area contributed by atoms with Crippen LogP contribution in [0.5, 0.6) is 0 Å². The predicted octanol–water partition coefficient (Wildman–Crippen LogP) is 27.9.